The molecule has 0 bridgehead atoms. The van der Waals surface area contributed by atoms with Gasteiger partial charge in [0.25, 0.3) is 0 Å². The van der Waals surface area contributed by atoms with Gasteiger partial charge in [-0.05, 0) is 38.0 Å². The van der Waals surface area contributed by atoms with E-state index in [2.05, 4.69) is 5.32 Å². The average Bonchev–Trinajstić information content (AvgIpc) is 2.60. The summed E-state index contributed by atoms with van der Waals surface area (Å²) in [4.78, 5) is 12.5. The Hall–Kier alpha value is -1.65. The van der Waals surface area contributed by atoms with Crippen molar-refractivity contribution in [3.63, 3.8) is 0 Å². The van der Waals surface area contributed by atoms with E-state index in [0.717, 1.165) is 10.6 Å². The summed E-state index contributed by atoms with van der Waals surface area (Å²) >= 11 is 0. The van der Waals surface area contributed by atoms with E-state index in [4.69, 9.17) is 0 Å². The molecule has 0 aromatic heterocycles. The maximum absolute atomic E-state index is 12.5. The van der Waals surface area contributed by atoms with E-state index < -0.39 is 26.0 Å². The van der Waals surface area contributed by atoms with Gasteiger partial charge in [0.1, 0.15) is 0 Å². The first-order chi connectivity index (χ1) is 12.0. The largest absolute Gasteiger partial charge is 0.326 e. The van der Waals surface area contributed by atoms with Crippen molar-refractivity contribution in [2.75, 3.05) is 41.8 Å². The van der Waals surface area contributed by atoms with Crippen molar-refractivity contribution in [1.29, 1.82) is 0 Å². The quantitative estimate of drug-likeness (QED) is 0.765. The second-order valence-electron chi connectivity index (χ2n) is 6.37. The Bertz CT molecular complexity index is 868. The molecule has 0 saturated carbocycles. The number of hydrogen-bond acceptors (Lipinski definition) is 5. The van der Waals surface area contributed by atoms with E-state index in [1.165, 1.54) is 11.4 Å². The first-order valence-electron chi connectivity index (χ1n) is 8.37. The molecule has 0 spiro atoms. The van der Waals surface area contributed by atoms with Crippen molar-refractivity contribution < 1.29 is 21.6 Å². The average molecular weight is 404 g/mol. The summed E-state index contributed by atoms with van der Waals surface area (Å²) in [7, 11) is -5.28. The summed E-state index contributed by atoms with van der Waals surface area (Å²) in [6, 6.07) is 6.53. The first kappa shape index (κ1) is 20.7. The minimum atomic E-state index is -3.40. The number of carbonyl (C=O) groups excluding carboxylic acids is 1. The smallest absolute Gasteiger partial charge is 0.231 e. The van der Waals surface area contributed by atoms with Crippen molar-refractivity contribution in [2.45, 2.75) is 19.8 Å². The van der Waals surface area contributed by atoms with E-state index in [-0.39, 0.29) is 18.2 Å². The SMILES string of the molecule is CCS(=O)(=O)N1CCCC(C(=O)Nc2cccc(N(C)S(C)(=O)=O)c2)C1. The normalized spacial score (nSPS) is 19.1. The van der Waals surface area contributed by atoms with Gasteiger partial charge in [-0.2, -0.15) is 0 Å². The van der Waals surface area contributed by atoms with Crippen molar-refractivity contribution in [3.05, 3.63) is 24.3 Å². The standard InChI is InChI=1S/C16H25N3O5S2/c1-4-26(23,24)19-10-6-7-13(12-19)16(20)17-14-8-5-9-15(11-14)18(2)25(3,21)22/h5,8-9,11,13H,4,6-7,10,12H2,1-3H3,(H,17,20). The molecule has 1 amide bonds. The lowest BCUT2D eigenvalue weighted by Gasteiger charge is -2.31. The number of hydrogen-bond donors (Lipinski definition) is 1. The lowest BCUT2D eigenvalue weighted by Crippen LogP contribution is -2.44. The van der Waals surface area contributed by atoms with E-state index in [1.807, 2.05) is 0 Å². The molecule has 1 aliphatic rings. The number of rotatable bonds is 6. The number of nitrogens with zero attached hydrogens (tertiary/aromatic N) is 2. The molecular formula is C16H25N3O5S2. The van der Waals surface area contributed by atoms with Gasteiger partial charge in [-0.1, -0.05) is 6.07 Å². The fourth-order valence-corrected chi connectivity index (χ4v) is 4.48. The summed E-state index contributed by atoms with van der Waals surface area (Å²) in [5, 5.41) is 2.77. The van der Waals surface area contributed by atoms with Crippen LogP contribution >= 0.6 is 0 Å². The zero-order valence-corrected chi connectivity index (χ0v) is 16.8. The van der Waals surface area contributed by atoms with Gasteiger partial charge in [0.2, 0.25) is 26.0 Å². The van der Waals surface area contributed by atoms with Crippen molar-refractivity contribution in [3.8, 4) is 0 Å². The second kappa shape index (κ2) is 7.93. The van der Waals surface area contributed by atoms with Gasteiger partial charge in [0.15, 0.2) is 0 Å². The minimum Gasteiger partial charge on any atom is -0.326 e. The fourth-order valence-electron chi connectivity index (χ4n) is 2.81. The molecule has 1 unspecified atom stereocenters. The van der Waals surface area contributed by atoms with Gasteiger partial charge >= 0.3 is 0 Å². The van der Waals surface area contributed by atoms with Crippen molar-refractivity contribution in [1.82, 2.24) is 4.31 Å². The maximum atomic E-state index is 12.5. The predicted octanol–water partition coefficient (Wildman–Crippen LogP) is 1.08. The predicted molar refractivity (Wildman–Crippen MR) is 102 cm³/mol. The Morgan fingerprint density at radius 1 is 1.31 bits per heavy atom. The summed E-state index contributed by atoms with van der Waals surface area (Å²) < 4.78 is 49.8. The molecule has 10 heteroatoms. The molecule has 1 saturated heterocycles. The molecule has 26 heavy (non-hydrogen) atoms. The molecular weight excluding hydrogens is 378 g/mol. The van der Waals surface area contributed by atoms with Crippen LogP contribution in [-0.2, 0) is 24.8 Å². The van der Waals surface area contributed by atoms with Gasteiger partial charge in [-0.3, -0.25) is 9.10 Å². The zero-order chi connectivity index (χ0) is 19.5. The summed E-state index contributed by atoms with van der Waals surface area (Å²) in [5.41, 5.74) is 0.905. The monoisotopic (exact) mass is 403 g/mol. The molecule has 2 rings (SSSR count). The molecule has 1 aromatic rings. The molecule has 1 aromatic carbocycles. The second-order valence-corrected chi connectivity index (χ2v) is 10.6. The summed E-state index contributed by atoms with van der Waals surface area (Å²) in [5.74, 6) is -0.678. The molecule has 1 fully saturated rings. The van der Waals surface area contributed by atoms with Crippen molar-refractivity contribution >= 4 is 37.3 Å². The maximum Gasteiger partial charge on any atom is 0.231 e. The molecule has 1 N–H and O–H groups in total. The van der Waals surface area contributed by atoms with Crippen LogP contribution < -0.4 is 9.62 Å². The third kappa shape index (κ3) is 4.95. The van der Waals surface area contributed by atoms with Crippen LogP contribution in [0.2, 0.25) is 0 Å². The van der Waals surface area contributed by atoms with Crippen LogP contribution in [0, 0.1) is 5.92 Å². The van der Waals surface area contributed by atoms with E-state index in [0.29, 0.717) is 30.8 Å². The lowest BCUT2D eigenvalue weighted by molar-refractivity contribution is -0.120. The minimum absolute atomic E-state index is 0.0151. The van der Waals surface area contributed by atoms with Crippen LogP contribution in [0.4, 0.5) is 11.4 Å². The Labute approximate surface area is 155 Å². The lowest BCUT2D eigenvalue weighted by atomic mass is 9.98. The Morgan fingerprint density at radius 2 is 2.00 bits per heavy atom. The van der Waals surface area contributed by atoms with E-state index >= 15 is 0 Å². The van der Waals surface area contributed by atoms with Crippen molar-refractivity contribution in [2.24, 2.45) is 5.92 Å². The zero-order valence-electron chi connectivity index (χ0n) is 15.2. The highest BCUT2D eigenvalue weighted by Gasteiger charge is 2.31. The summed E-state index contributed by atoms with van der Waals surface area (Å²) in [6.45, 7) is 2.20. The molecule has 1 aliphatic heterocycles. The number of amides is 1. The van der Waals surface area contributed by atoms with Gasteiger partial charge in [-0.25, -0.2) is 21.1 Å². The third-order valence-corrected chi connectivity index (χ3v) is 7.54. The molecule has 146 valence electrons. The summed E-state index contributed by atoms with van der Waals surface area (Å²) in [6.07, 6.45) is 2.35. The molecule has 0 aliphatic carbocycles. The van der Waals surface area contributed by atoms with Gasteiger partial charge in [0, 0.05) is 25.8 Å². The molecule has 8 nitrogen and oxygen atoms in total. The first-order valence-corrected chi connectivity index (χ1v) is 11.8. The Balaban J connectivity index is 2.10. The van der Waals surface area contributed by atoms with Crippen LogP contribution in [0.25, 0.3) is 0 Å². The van der Waals surface area contributed by atoms with Crippen LogP contribution in [0.1, 0.15) is 19.8 Å². The van der Waals surface area contributed by atoms with Gasteiger partial charge in [0.05, 0.1) is 23.6 Å². The van der Waals surface area contributed by atoms with E-state index in [9.17, 15) is 21.6 Å². The molecule has 0 radical (unpaired) electrons. The third-order valence-electron chi connectivity index (χ3n) is 4.49. The highest BCUT2D eigenvalue weighted by molar-refractivity contribution is 7.92. The molecule has 1 atom stereocenters. The highest BCUT2D eigenvalue weighted by Crippen LogP contribution is 2.24. The number of nitrogens with one attached hydrogen (secondary N) is 1. The highest BCUT2D eigenvalue weighted by atomic mass is 32.2. The Kier molecular flexibility index (Phi) is 6.30. The number of sulfonamides is 2. The number of piperidine rings is 1. The van der Waals surface area contributed by atoms with Gasteiger partial charge < -0.3 is 5.32 Å². The van der Waals surface area contributed by atoms with Crippen LogP contribution in [0.5, 0.6) is 0 Å². The van der Waals surface area contributed by atoms with E-state index in [1.54, 1.807) is 31.2 Å². The topological polar surface area (TPSA) is 104 Å². The van der Waals surface area contributed by atoms with Crippen LogP contribution in [-0.4, -0.2) is 59.2 Å². The van der Waals surface area contributed by atoms with Crippen LogP contribution in [0.15, 0.2) is 24.3 Å². The number of benzene rings is 1. The van der Waals surface area contributed by atoms with Gasteiger partial charge in [-0.15, -0.1) is 0 Å². The Morgan fingerprint density at radius 3 is 2.62 bits per heavy atom. The molecule has 1 heterocycles. The number of carbonyl (C=O) groups is 1. The van der Waals surface area contributed by atoms with Crippen LogP contribution in [0.3, 0.4) is 0 Å². The number of anilines is 2. The fraction of sp³-hybridized carbons (Fsp3) is 0.562.